The molecule has 0 aromatic heterocycles. The summed E-state index contributed by atoms with van der Waals surface area (Å²) in [5, 5.41) is 15.7. The summed E-state index contributed by atoms with van der Waals surface area (Å²) in [6.07, 6.45) is -0.0530. The summed E-state index contributed by atoms with van der Waals surface area (Å²) in [5.41, 5.74) is 4.09. The number of nitrogens with zero attached hydrogens (tertiary/aromatic N) is 2. The third kappa shape index (κ3) is 7.80. The summed E-state index contributed by atoms with van der Waals surface area (Å²) in [4.78, 5) is 7.94. The molecular weight excluding hydrogens is 464 g/mol. The van der Waals surface area contributed by atoms with Gasteiger partial charge in [-0.1, -0.05) is 71.4 Å². The first-order valence-electron chi connectivity index (χ1n) is 11.7. The van der Waals surface area contributed by atoms with Crippen LogP contribution in [-0.2, 0) is 22.7 Å². The molecule has 0 amide bonds. The standard InChI is InChI=1S/C28H31ClN2O4/c1-33-26-9-5-8-22(14-26)16-31(17-25(32)20-34-19-21-6-3-2-4-7-21)18-27-15-28(30-35-27)23-10-12-24(29)13-11-23/h2-14,25,27,32H,15-20H2,1H3/t25-,27+/m1/s1. The highest BCUT2D eigenvalue weighted by molar-refractivity contribution is 6.30. The molecule has 1 aliphatic heterocycles. The number of oxime groups is 1. The van der Waals surface area contributed by atoms with E-state index in [9.17, 15) is 5.11 Å². The monoisotopic (exact) mass is 494 g/mol. The molecule has 35 heavy (non-hydrogen) atoms. The lowest BCUT2D eigenvalue weighted by Gasteiger charge is -2.27. The third-order valence-electron chi connectivity index (χ3n) is 5.80. The van der Waals surface area contributed by atoms with Crippen molar-refractivity contribution in [2.45, 2.75) is 31.8 Å². The van der Waals surface area contributed by atoms with Crippen molar-refractivity contribution >= 4 is 17.3 Å². The molecule has 184 valence electrons. The minimum atomic E-state index is -0.637. The number of aliphatic hydroxyl groups excluding tert-OH is 1. The molecular formula is C28H31ClN2O4. The molecule has 0 radical (unpaired) electrons. The zero-order valence-electron chi connectivity index (χ0n) is 19.8. The van der Waals surface area contributed by atoms with Crippen molar-refractivity contribution in [2.75, 3.05) is 26.8 Å². The zero-order chi connectivity index (χ0) is 24.5. The van der Waals surface area contributed by atoms with Crippen LogP contribution in [0.1, 0.15) is 23.1 Å². The van der Waals surface area contributed by atoms with Crippen molar-refractivity contribution in [1.82, 2.24) is 4.90 Å². The Labute approximate surface area is 211 Å². The van der Waals surface area contributed by atoms with E-state index in [4.69, 9.17) is 25.9 Å². The second kappa shape index (κ2) is 12.7. The average Bonchev–Trinajstić information content (AvgIpc) is 3.33. The van der Waals surface area contributed by atoms with Gasteiger partial charge >= 0.3 is 0 Å². The number of benzene rings is 3. The highest BCUT2D eigenvalue weighted by Gasteiger charge is 2.26. The van der Waals surface area contributed by atoms with Crippen LogP contribution in [0, 0.1) is 0 Å². The molecule has 0 bridgehead atoms. The van der Waals surface area contributed by atoms with E-state index in [-0.39, 0.29) is 12.7 Å². The largest absolute Gasteiger partial charge is 0.497 e. The number of halogens is 1. The molecule has 0 unspecified atom stereocenters. The summed E-state index contributed by atoms with van der Waals surface area (Å²) in [6.45, 7) is 2.43. The van der Waals surface area contributed by atoms with Gasteiger partial charge in [-0.05, 0) is 41.0 Å². The Hall–Kier alpha value is -2.90. The van der Waals surface area contributed by atoms with Crippen LogP contribution < -0.4 is 4.74 Å². The fourth-order valence-electron chi connectivity index (χ4n) is 4.10. The van der Waals surface area contributed by atoms with Gasteiger partial charge in [0.25, 0.3) is 0 Å². The molecule has 3 aromatic carbocycles. The quantitative estimate of drug-likeness (QED) is 0.387. The smallest absolute Gasteiger partial charge is 0.145 e. The molecule has 3 aromatic rings. The van der Waals surface area contributed by atoms with Crippen LogP contribution in [0.3, 0.4) is 0 Å². The van der Waals surface area contributed by atoms with Crippen LogP contribution in [-0.4, -0.2) is 54.7 Å². The van der Waals surface area contributed by atoms with E-state index in [0.717, 1.165) is 28.2 Å². The van der Waals surface area contributed by atoms with Crippen molar-refractivity contribution in [2.24, 2.45) is 5.16 Å². The van der Waals surface area contributed by atoms with Gasteiger partial charge in [0, 0.05) is 31.1 Å². The van der Waals surface area contributed by atoms with Crippen LogP contribution >= 0.6 is 11.6 Å². The lowest BCUT2D eigenvalue weighted by molar-refractivity contribution is -0.00649. The van der Waals surface area contributed by atoms with Gasteiger partial charge in [-0.2, -0.15) is 0 Å². The van der Waals surface area contributed by atoms with Crippen molar-refractivity contribution in [3.63, 3.8) is 0 Å². The van der Waals surface area contributed by atoms with Gasteiger partial charge in [-0.3, -0.25) is 4.90 Å². The van der Waals surface area contributed by atoms with Gasteiger partial charge in [0.1, 0.15) is 11.9 Å². The summed E-state index contributed by atoms with van der Waals surface area (Å²) in [6, 6.07) is 25.5. The molecule has 0 saturated heterocycles. The van der Waals surface area contributed by atoms with Gasteiger partial charge in [0.2, 0.25) is 0 Å². The Kier molecular flexibility index (Phi) is 9.15. The molecule has 6 nitrogen and oxygen atoms in total. The zero-order valence-corrected chi connectivity index (χ0v) is 20.6. The fourth-order valence-corrected chi connectivity index (χ4v) is 4.22. The molecule has 0 spiro atoms. The predicted octanol–water partition coefficient (Wildman–Crippen LogP) is 4.92. The summed E-state index contributed by atoms with van der Waals surface area (Å²) in [5.74, 6) is 0.805. The second-order valence-corrected chi connectivity index (χ2v) is 9.11. The number of hydrogen-bond donors (Lipinski definition) is 1. The maximum absolute atomic E-state index is 10.7. The Bertz CT molecular complexity index is 1090. The highest BCUT2D eigenvalue weighted by Crippen LogP contribution is 2.21. The molecule has 0 aliphatic carbocycles. The Morgan fingerprint density at radius 2 is 1.83 bits per heavy atom. The maximum Gasteiger partial charge on any atom is 0.145 e. The molecule has 2 atom stereocenters. The minimum Gasteiger partial charge on any atom is -0.497 e. The van der Waals surface area contributed by atoms with Crippen molar-refractivity contribution in [3.8, 4) is 5.75 Å². The van der Waals surface area contributed by atoms with Crippen molar-refractivity contribution < 1.29 is 19.4 Å². The van der Waals surface area contributed by atoms with E-state index >= 15 is 0 Å². The van der Waals surface area contributed by atoms with Gasteiger partial charge < -0.3 is 19.4 Å². The lowest BCUT2D eigenvalue weighted by Crippen LogP contribution is -2.39. The third-order valence-corrected chi connectivity index (χ3v) is 6.06. The lowest BCUT2D eigenvalue weighted by atomic mass is 10.0. The summed E-state index contributed by atoms with van der Waals surface area (Å²) >= 11 is 6.01. The first kappa shape index (κ1) is 25.2. The number of methoxy groups -OCH3 is 1. The van der Waals surface area contributed by atoms with Gasteiger partial charge in [0.15, 0.2) is 0 Å². The van der Waals surface area contributed by atoms with E-state index in [0.29, 0.717) is 37.7 Å². The molecule has 1 aliphatic rings. The molecule has 0 fully saturated rings. The Morgan fingerprint density at radius 1 is 1.06 bits per heavy atom. The predicted molar refractivity (Wildman–Crippen MR) is 138 cm³/mol. The van der Waals surface area contributed by atoms with E-state index in [1.54, 1.807) is 7.11 Å². The SMILES string of the molecule is COc1cccc(CN(C[C@@H](O)COCc2ccccc2)C[C@@H]2CC(c3ccc(Cl)cc3)=NO2)c1. The van der Waals surface area contributed by atoms with Crippen LogP contribution in [0.2, 0.25) is 5.02 Å². The minimum absolute atomic E-state index is 0.108. The van der Waals surface area contributed by atoms with Crippen LogP contribution in [0.15, 0.2) is 84.0 Å². The maximum atomic E-state index is 10.7. The first-order valence-corrected chi connectivity index (χ1v) is 12.1. The molecule has 4 rings (SSSR count). The van der Waals surface area contributed by atoms with E-state index < -0.39 is 6.10 Å². The van der Waals surface area contributed by atoms with Crippen LogP contribution in [0.5, 0.6) is 5.75 Å². The van der Waals surface area contributed by atoms with E-state index in [1.807, 2.05) is 72.8 Å². The normalized spacial score (nSPS) is 16.1. The van der Waals surface area contributed by atoms with Crippen LogP contribution in [0.4, 0.5) is 0 Å². The molecule has 1 N–H and O–H groups in total. The first-order chi connectivity index (χ1) is 17.1. The van der Waals surface area contributed by atoms with Gasteiger partial charge in [-0.15, -0.1) is 0 Å². The van der Waals surface area contributed by atoms with E-state index in [1.165, 1.54) is 0 Å². The number of hydrogen-bond acceptors (Lipinski definition) is 6. The number of ether oxygens (including phenoxy) is 2. The molecule has 7 heteroatoms. The molecule has 0 saturated carbocycles. The number of aliphatic hydroxyl groups is 1. The highest BCUT2D eigenvalue weighted by atomic mass is 35.5. The Morgan fingerprint density at radius 3 is 2.60 bits per heavy atom. The fraction of sp³-hybridized carbons (Fsp3) is 0.321. The number of rotatable bonds is 12. The van der Waals surface area contributed by atoms with Crippen molar-refractivity contribution in [1.29, 1.82) is 0 Å². The van der Waals surface area contributed by atoms with Crippen LogP contribution in [0.25, 0.3) is 0 Å². The second-order valence-electron chi connectivity index (χ2n) is 8.68. The average molecular weight is 495 g/mol. The topological polar surface area (TPSA) is 63.5 Å². The van der Waals surface area contributed by atoms with Gasteiger partial charge in [0.05, 0.1) is 32.1 Å². The molecule has 1 heterocycles. The summed E-state index contributed by atoms with van der Waals surface area (Å²) < 4.78 is 11.1. The van der Waals surface area contributed by atoms with Gasteiger partial charge in [-0.25, -0.2) is 0 Å². The summed E-state index contributed by atoms with van der Waals surface area (Å²) in [7, 11) is 1.66. The van der Waals surface area contributed by atoms with E-state index in [2.05, 4.69) is 16.1 Å². The van der Waals surface area contributed by atoms with Crippen molar-refractivity contribution in [3.05, 3.63) is 101 Å². The Balaban J connectivity index is 1.35.